The normalized spacial score (nSPS) is 11.0. The van der Waals surface area contributed by atoms with Crippen LogP contribution in [-0.4, -0.2) is 65.4 Å². The van der Waals surface area contributed by atoms with Gasteiger partial charge in [-0.1, -0.05) is 39.5 Å². The zero-order valence-electron chi connectivity index (χ0n) is 16.3. The van der Waals surface area contributed by atoms with Crippen LogP contribution in [0.1, 0.15) is 58.8 Å². The Labute approximate surface area is 153 Å². The summed E-state index contributed by atoms with van der Waals surface area (Å²) in [5, 5.41) is 0. The van der Waals surface area contributed by atoms with Crippen molar-refractivity contribution in [3.63, 3.8) is 0 Å². The second kappa shape index (κ2) is 21.4. The molecule has 0 aliphatic carbocycles. The first-order chi connectivity index (χ1) is 12.3. The standard InChI is InChI=1S/C19H38O6/c1-3-5-7-8-9-19(20)25-18-17-24-16-15-23-14-13-22-12-11-21-10-6-4-2/h3-18H2,1-2H3. The van der Waals surface area contributed by atoms with Gasteiger partial charge < -0.3 is 23.7 Å². The number of esters is 1. The van der Waals surface area contributed by atoms with E-state index in [0.717, 1.165) is 32.3 Å². The summed E-state index contributed by atoms with van der Waals surface area (Å²) in [5.74, 6) is -0.133. The molecule has 0 radical (unpaired) electrons. The van der Waals surface area contributed by atoms with E-state index < -0.39 is 0 Å². The molecule has 0 aromatic rings. The largest absolute Gasteiger partial charge is 0.463 e. The molecule has 0 rings (SSSR count). The van der Waals surface area contributed by atoms with Gasteiger partial charge in [-0.3, -0.25) is 4.79 Å². The van der Waals surface area contributed by atoms with Gasteiger partial charge in [0.15, 0.2) is 0 Å². The van der Waals surface area contributed by atoms with Crippen LogP contribution in [-0.2, 0) is 28.5 Å². The SMILES string of the molecule is CCCCCCC(=O)OCCOCCOCCOCCOCCCC. The Bertz CT molecular complexity index is 273. The summed E-state index contributed by atoms with van der Waals surface area (Å²) in [4.78, 5) is 11.4. The maximum absolute atomic E-state index is 11.4. The van der Waals surface area contributed by atoms with Crippen LogP contribution in [0.25, 0.3) is 0 Å². The number of unbranched alkanes of at least 4 members (excludes halogenated alkanes) is 4. The van der Waals surface area contributed by atoms with Crippen LogP contribution in [0.15, 0.2) is 0 Å². The highest BCUT2D eigenvalue weighted by atomic mass is 16.6. The number of rotatable bonds is 20. The van der Waals surface area contributed by atoms with Gasteiger partial charge in [0.05, 0.1) is 46.2 Å². The maximum atomic E-state index is 11.4. The molecule has 0 fully saturated rings. The van der Waals surface area contributed by atoms with E-state index in [4.69, 9.17) is 23.7 Å². The molecule has 0 aromatic carbocycles. The van der Waals surface area contributed by atoms with E-state index in [-0.39, 0.29) is 5.97 Å². The fraction of sp³-hybridized carbons (Fsp3) is 0.947. The lowest BCUT2D eigenvalue weighted by atomic mass is 10.2. The monoisotopic (exact) mass is 362 g/mol. The average Bonchev–Trinajstić information content (AvgIpc) is 2.62. The first-order valence-electron chi connectivity index (χ1n) is 9.77. The van der Waals surface area contributed by atoms with Crippen molar-refractivity contribution < 1.29 is 28.5 Å². The predicted octanol–water partition coefficient (Wildman–Crippen LogP) is 3.37. The number of hydrogen-bond acceptors (Lipinski definition) is 6. The Kier molecular flexibility index (Phi) is 20.8. The predicted molar refractivity (Wildman–Crippen MR) is 97.9 cm³/mol. The summed E-state index contributed by atoms with van der Waals surface area (Å²) in [5.41, 5.74) is 0. The fourth-order valence-electron chi connectivity index (χ4n) is 1.99. The van der Waals surface area contributed by atoms with Crippen LogP contribution in [0.4, 0.5) is 0 Å². The fourth-order valence-corrected chi connectivity index (χ4v) is 1.99. The Morgan fingerprint density at radius 3 is 1.56 bits per heavy atom. The topological polar surface area (TPSA) is 63.2 Å². The molecular formula is C19H38O6. The molecule has 0 N–H and O–H groups in total. The summed E-state index contributed by atoms with van der Waals surface area (Å²) in [7, 11) is 0. The molecule has 150 valence electrons. The van der Waals surface area contributed by atoms with Crippen LogP contribution in [0.5, 0.6) is 0 Å². The molecule has 25 heavy (non-hydrogen) atoms. The highest BCUT2D eigenvalue weighted by Crippen LogP contribution is 2.03. The summed E-state index contributed by atoms with van der Waals surface area (Å²) in [6, 6.07) is 0. The zero-order chi connectivity index (χ0) is 18.4. The van der Waals surface area contributed by atoms with E-state index in [9.17, 15) is 4.79 Å². The molecule has 0 amide bonds. The van der Waals surface area contributed by atoms with Gasteiger partial charge in [-0.2, -0.15) is 0 Å². The van der Waals surface area contributed by atoms with E-state index in [0.29, 0.717) is 59.3 Å². The van der Waals surface area contributed by atoms with Crippen molar-refractivity contribution in [1.29, 1.82) is 0 Å². The third kappa shape index (κ3) is 21.3. The number of carbonyl (C=O) groups is 1. The molecule has 0 spiro atoms. The Balaban J connectivity index is 3.08. The lowest BCUT2D eigenvalue weighted by molar-refractivity contribution is -0.145. The first kappa shape index (κ1) is 24.3. The van der Waals surface area contributed by atoms with Gasteiger partial charge in [-0.25, -0.2) is 0 Å². The highest BCUT2D eigenvalue weighted by Gasteiger charge is 2.02. The van der Waals surface area contributed by atoms with Gasteiger partial charge in [-0.15, -0.1) is 0 Å². The molecule has 0 saturated carbocycles. The van der Waals surface area contributed by atoms with Crippen molar-refractivity contribution in [2.45, 2.75) is 58.8 Å². The summed E-state index contributed by atoms with van der Waals surface area (Å²) >= 11 is 0. The molecule has 6 heteroatoms. The minimum Gasteiger partial charge on any atom is -0.463 e. The van der Waals surface area contributed by atoms with Crippen LogP contribution < -0.4 is 0 Å². The second-order valence-corrected chi connectivity index (χ2v) is 5.83. The molecule has 0 aliphatic heterocycles. The van der Waals surface area contributed by atoms with Gasteiger partial charge in [0.2, 0.25) is 0 Å². The molecule has 0 atom stereocenters. The Morgan fingerprint density at radius 2 is 1.04 bits per heavy atom. The minimum atomic E-state index is -0.133. The highest BCUT2D eigenvalue weighted by molar-refractivity contribution is 5.69. The molecular weight excluding hydrogens is 324 g/mol. The summed E-state index contributed by atoms with van der Waals surface area (Å²) < 4.78 is 26.6. The van der Waals surface area contributed by atoms with Crippen LogP contribution >= 0.6 is 0 Å². The Morgan fingerprint density at radius 1 is 0.560 bits per heavy atom. The smallest absolute Gasteiger partial charge is 0.305 e. The van der Waals surface area contributed by atoms with Crippen molar-refractivity contribution in [3.05, 3.63) is 0 Å². The number of hydrogen-bond donors (Lipinski definition) is 0. The second-order valence-electron chi connectivity index (χ2n) is 5.83. The van der Waals surface area contributed by atoms with E-state index in [1.807, 2.05) is 0 Å². The van der Waals surface area contributed by atoms with Crippen molar-refractivity contribution in [2.75, 3.05) is 59.5 Å². The van der Waals surface area contributed by atoms with E-state index in [1.54, 1.807) is 0 Å². The van der Waals surface area contributed by atoms with Crippen LogP contribution in [0, 0.1) is 0 Å². The van der Waals surface area contributed by atoms with Crippen LogP contribution in [0.2, 0.25) is 0 Å². The van der Waals surface area contributed by atoms with Gasteiger partial charge in [0.1, 0.15) is 6.61 Å². The van der Waals surface area contributed by atoms with E-state index >= 15 is 0 Å². The third-order valence-electron chi connectivity index (χ3n) is 3.48. The lowest BCUT2D eigenvalue weighted by Gasteiger charge is -2.08. The van der Waals surface area contributed by atoms with Gasteiger partial charge in [-0.05, 0) is 12.8 Å². The van der Waals surface area contributed by atoms with E-state index in [2.05, 4.69) is 13.8 Å². The quantitative estimate of drug-likeness (QED) is 0.244. The summed E-state index contributed by atoms with van der Waals surface area (Å²) in [6.45, 7) is 9.19. The molecule has 0 heterocycles. The van der Waals surface area contributed by atoms with Gasteiger partial charge in [0.25, 0.3) is 0 Å². The van der Waals surface area contributed by atoms with Crippen LogP contribution in [0.3, 0.4) is 0 Å². The van der Waals surface area contributed by atoms with Gasteiger partial charge in [0, 0.05) is 13.0 Å². The van der Waals surface area contributed by atoms with Crippen molar-refractivity contribution in [3.8, 4) is 0 Å². The van der Waals surface area contributed by atoms with Crippen molar-refractivity contribution >= 4 is 5.97 Å². The molecule has 0 saturated heterocycles. The van der Waals surface area contributed by atoms with Gasteiger partial charge >= 0.3 is 5.97 Å². The van der Waals surface area contributed by atoms with Crippen molar-refractivity contribution in [2.24, 2.45) is 0 Å². The molecule has 0 bridgehead atoms. The lowest BCUT2D eigenvalue weighted by Crippen LogP contribution is -2.14. The Hall–Kier alpha value is -0.690. The molecule has 0 aliphatic rings. The third-order valence-corrected chi connectivity index (χ3v) is 3.48. The number of ether oxygens (including phenoxy) is 5. The molecule has 0 aromatic heterocycles. The van der Waals surface area contributed by atoms with E-state index in [1.165, 1.54) is 12.8 Å². The first-order valence-corrected chi connectivity index (χ1v) is 9.77. The molecule has 0 unspecified atom stereocenters. The summed E-state index contributed by atoms with van der Waals surface area (Å²) in [6.07, 6.45) is 7.11. The maximum Gasteiger partial charge on any atom is 0.305 e. The minimum absolute atomic E-state index is 0.133. The number of carbonyl (C=O) groups excluding carboxylic acids is 1. The average molecular weight is 363 g/mol. The molecule has 6 nitrogen and oxygen atoms in total. The van der Waals surface area contributed by atoms with Crippen molar-refractivity contribution in [1.82, 2.24) is 0 Å². The zero-order valence-corrected chi connectivity index (χ0v) is 16.3.